The lowest BCUT2D eigenvalue weighted by molar-refractivity contribution is -0.385. The summed E-state index contributed by atoms with van der Waals surface area (Å²) in [6.45, 7) is 0. The largest absolute Gasteiger partial charge is 0.397 e. The number of nitrogens with zero attached hydrogens (tertiary/aromatic N) is 1. The van der Waals surface area contributed by atoms with Crippen molar-refractivity contribution in [3.63, 3.8) is 0 Å². The monoisotopic (exact) mass is 294 g/mol. The van der Waals surface area contributed by atoms with Gasteiger partial charge in [-0.3, -0.25) is 10.1 Å². The molecule has 0 saturated carbocycles. The van der Waals surface area contributed by atoms with Crippen molar-refractivity contribution >= 4 is 43.2 Å². The maximum absolute atomic E-state index is 10.4. The summed E-state index contributed by atoms with van der Waals surface area (Å²) in [4.78, 5) is 9.90. The summed E-state index contributed by atoms with van der Waals surface area (Å²) in [6.07, 6.45) is 0. The molecule has 6 heteroatoms. The zero-order valence-corrected chi connectivity index (χ0v) is 8.92. The minimum absolute atomic E-state index is 0.0318. The Morgan fingerprint density at radius 1 is 1.42 bits per heavy atom. The normalized spacial score (nSPS) is 9.83. The zero-order chi connectivity index (χ0) is 9.30. The van der Waals surface area contributed by atoms with Gasteiger partial charge in [0.1, 0.15) is 4.47 Å². The molecular weight excluding hydrogens is 292 g/mol. The molecule has 0 aromatic heterocycles. The molecule has 0 spiro atoms. The van der Waals surface area contributed by atoms with E-state index in [2.05, 4.69) is 31.9 Å². The molecule has 0 saturated heterocycles. The number of hydrogen-bond acceptors (Lipinski definition) is 3. The Kier molecular flexibility index (Phi) is 2.69. The van der Waals surface area contributed by atoms with Crippen LogP contribution in [0, 0.1) is 10.1 Å². The summed E-state index contributed by atoms with van der Waals surface area (Å²) < 4.78 is 0.946. The van der Waals surface area contributed by atoms with Crippen LogP contribution in [0.3, 0.4) is 0 Å². The maximum atomic E-state index is 10.4. The van der Waals surface area contributed by atoms with Gasteiger partial charge < -0.3 is 5.73 Å². The number of rotatable bonds is 1. The van der Waals surface area contributed by atoms with Crippen molar-refractivity contribution in [2.45, 2.75) is 0 Å². The van der Waals surface area contributed by atoms with Crippen molar-refractivity contribution in [1.82, 2.24) is 0 Å². The van der Waals surface area contributed by atoms with Crippen molar-refractivity contribution in [2.24, 2.45) is 0 Å². The Morgan fingerprint density at radius 3 is 2.50 bits per heavy atom. The molecule has 0 amide bonds. The second kappa shape index (κ2) is 3.40. The summed E-state index contributed by atoms with van der Waals surface area (Å²) in [5.74, 6) is 0. The van der Waals surface area contributed by atoms with E-state index in [1.807, 2.05) is 0 Å². The van der Waals surface area contributed by atoms with E-state index in [0.29, 0.717) is 14.6 Å². The van der Waals surface area contributed by atoms with Gasteiger partial charge in [0.05, 0.1) is 10.6 Å². The molecule has 1 aromatic carbocycles. The third-order valence-electron chi connectivity index (χ3n) is 1.30. The number of nitro benzene ring substituents is 1. The molecule has 64 valence electrons. The predicted molar refractivity (Wildman–Crippen MR) is 52.9 cm³/mol. The highest BCUT2D eigenvalue weighted by molar-refractivity contribution is 9.11. The quantitative estimate of drug-likeness (QED) is 0.492. The van der Waals surface area contributed by atoms with E-state index in [9.17, 15) is 10.1 Å². The van der Waals surface area contributed by atoms with E-state index in [0.717, 1.165) is 0 Å². The van der Waals surface area contributed by atoms with Crippen molar-refractivity contribution < 1.29 is 4.92 Å². The van der Waals surface area contributed by atoms with Gasteiger partial charge >= 0.3 is 0 Å². The average Bonchev–Trinajstić information content (AvgIpc) is 2.00. The Hall–Kier alpha value is -0.620. The number of nitro groups is 1. The van der Waals surface area contributed by atoms with E-state index in [1.54, 1.807) is 0 Å². The Bertz CT molecular complexity index is 341. The highest BCUT2D eigenvalue weighted by atomic mass is 79.9. The molecule has 4 nitrogen and oxygen atoms in total. The lowest BCUT2D eigenvalue weighted by Crippen LogP contribution is -1.94. The number of anilines is 1. The molecule has 0 heterocycles. The fourth-order valence-corrected chi connectivity index (χ4v) is 1.79. The number of hydrogen-bond donors (Lipinski definition) is 1. The second-order valence-electron chi connectivity index (χ2n) is 2.05. The van der Waals surface area contributed by atoms with Crippen LogP contribution in [0.5, 0.6) is 0 Å². The first-order chi connectivity index (χ1) is 5.54. The average molecular weight is 296 g/mol. The van der Waals surface area contributed by atoms with Gasteiger partial charge in [-0.25, -0.2) is 0 Å². The topological polar surface area (TPSA) is 69.2 Å². The Labute approximate surface area is 85.2 Å². The summed E-state index contributed by atoms with van der Waals surface area (Å²) in [6, 6.07) is 2.92. The minimum atomic E-state index is -0.493. The van der Waals surface area contributed by atoms with Crippen LogP contribution in [0.15, 0.2) is 21.1 Å². The first-order valence-electron chi connectivity index (χ1n) is 2.92. The van der Waals surface area contributed by atoms with Crippen LogP contribution in [0.2, 0.25) is 0 Å². The molecule has 12 heavy (non-hydrogen) atoms. The van der Waals surface area contributed by atoms with E-state index >= 15 is 0 Å². The van der Waals surface area contributed by atoms with E-state index in [4.69, 9.17) is 5.73 Å². The van der Waals surface area contributed by atoms with E-state index in [-0.39, 0.29) is 5.69 Å². The third kappa shape index (κ3) is 1.59. The summed E-state index contributed by atoms with van der Waals surface area (Å²) in [5, 5.41) is 10.4. The fourth-order valence-electron chi connectivity index (χ4n) is 0.699. The number of nitrogens with two attached hydrogens (primary N) is 1. The molecule has 0 aliphatic carbocycles. The van der Waals surface area contributed by atoms with Gasteiger partial charge in [0, 0.05) is 10.5 Å². The highest BCUT2D eigenvalue weighted by Gasteiger charge is 2.15. The number of nitrogen functional groups attached to an aromatic ring is 1. The fraction of sp³-hybridized carbons (Fsp3) is 0. The zero-order valence-electron chi connectivity index (χ0n) is 5.75. The highest BCUT2D eigenvalue weighted by Crippen LogP contribution is 2.35. The Morgan fingerprint density at radius 2 is 2.00 bits per heavy atom. The van der Waals surface area contributed by atoms with Crippen LogP contribution in [0.25, 0.3) is 0 Å². The summed E-state index contributed by atoms with van der Waals surface area (Å²) in [5.41, 5.74) is 5.83. The van der Waals surface area contributed by atoms with E-state index < -0.39 is 4.92 Å². The standard InChI is InChI=1S/C6H4Br2N2O2/c7-3-1-2-4(10(11)12)5(8)6(3)9/h1-2H,9H2. The van der Waals surface area contributed by atoms with Crippen LogP contribution in [-0.4, -0.2) is 4.92 Å². The van der Waals surface area contributed by atoms with Crippen molar-refractivity contribution in [2.75, 3.05) is 5.73 Å². The van der Waals surface area contributed by atoms with Gasteiger partial charge in [0.15, 0.2) is 0 Å². The van der Waals surface area contributed by atoms with Gasteiger partial charge in [-0.05, 0) is 37.9 Å². The summed E-state index contributed by atoms with van der Waals surface area (Å²) in [7, 11) is 0. The number of benzene rings is 1. The molecule has 2 N–H and O–H groups in total. The molecule has 0 bridgehead atoms. The first-order valence-corrected chi connectivity index (χ1v) is 4.50. The Balaban J connectivity index is 3.36. The molecule has 0 aliphatic rings. The maximum Gasteiger partial charge on any atom is 0.285 e. The van der Waals surface area contributed by atoms with Crippen molar-refractivity contribution in [3.8, 4) is 0 Å². The molecule has 0 unspecified atom stereocenters. The van der Waals surface area contributed by atoms with Crippen molar-refractivity contribution in [3.05, 3.63) is 31.2 Å². The van der Waals surface area contributed by atoms with E-state index in [1.165, 1.54) is 12.1 Å². The molecule has 0 fully saturated rings. The van der Waals surface area contributed by atoms with Crippen LogP contribution in [0.4, 0.5) is 11.4 Å². The van der Waals surface area contributed by atoms with Gasteiger partial charge in [-0.2, -0.15) is 0 Å². The SMILES string of the molecule is Nc1c(Br)ccc([N+](=O)[O-])c1Br. The number of halogens is 2. The first kappa shape index (κ1) is 9.47. The molecular formula is C6H4Br2N2O2. The molecule has 1 aromatic rings. The minimum Gasteiger partial charge on any atom is -0.397 e. The molecule has 0 aliphatic heterocycles. The van der Waals surface area contributed by atoms with Crippen LogP contribution < -0.4 is 5.73 Å². The van der Waals surface area contributed by atoms with Crippen LogP contribution >= 0.6 is 31.9 Å². The van der Waals surface area contributed by atoms with Gasteiger partial charge in [0.25, 0.3) is 5.69 Å². The lowest BCUT2D eigenvalue weighted by atomic mass is 10.3. The van der Waals surface area contributed by atoms with Crippen LogP contribution in [-0.2, 0) is 0 Å². The van der Waals surface area contributed by atoms with Gasteiger partial charge in [0.2, 0.25) is 0 Å². The molecule has 1 rings (SSSR count). The van der Waals surface area contributed by atoms with Gasteiger partial charge in [-0.15, -0.1) is 0 Å². The van der Waals surface area contributed by atoms with Gasteiger partial charge in [-0.1, -0.05) is 0 Å². The van der Waals surface area contributed by atoms with Crippen molar-refractivity contribution in [1.29, 1.82) is 0 Å². The molecule has 0 atom stereocenters. The lowest BCUT2D eigenvalue weighted by Gasteiger charge is -2.00. The predicted octanol–water partition coefficient (Wildman–Crippen LogP) is 2.70. The molecule has 0 radical (unpaired) electrons. The third-order valence-corrected chi connectivity index (χ3v) is 2.83. The van der Waals surface area contributed by atoms with Crippen LogP contribution in [0.1, 0.15) is 0 Å². The summed E-state index contributed by atoms with van der Waals surface area (Å²) >= 11 is 6.19. The smallest absolute Gasteiger partial charge is 0.285 e. The second-order valence-corrected chi connectivity index (χ2v) is 3.70.